The second-order valence-electron chi connectivity index (χ2n) is 12.6. The Bertz CT molecular complexity index is 1690. The van der Waals surface area contributed by atoms with Gasteiger partial charge in [-0.15, -0.1) is 0 Å². The number of Topliss-reactive ketones (excluding diaryl/α,β-unsaturated/α-hetero) is 1. The Morgan fingerprint density at radius 1 is 0.767 bits per heavy atom. The Kier molecular flexibility index (Phi) is 8.87. The van der Waals surface area contributed by atoms with Crippen LogP contribution in [0.4, 0.5) is 17.1 Å². The van der Waals surface area contributed by atoms with E-state index in [9.17, 15) is 23.3 Å². The number of nitrogens with zero attached hydrogens (tertiary/aromatic N) is 3. The number of non-ortho nitro benzene ring substituents is 1. The number of anilines is 1. The molecule has 0 bridgehead atoms. The predicted octanol–water partition coefficient (Wildman–Crippen LogP) is 7.73. The number of carbonyl (C=O) groups excluding carboxylic acids is 1. The average Bonchev–Trinajstić information content (AvgIpc) is 2.92. The molecule has 43 heavy (non-hydrogen) atoms. The first kappa shape index (κ1) is 31.6. The molecule has 9 heteroatoms. The topological polar surface area (TPSA) is 110 Å². The molecule has 8 nitrogen and oxygen atoms in total. The van der Waals surface area contributed by atoms with E-state index in [2.05, 4.69) is 0 Å². The number of sulfonamides is 1. The van der Waals surface area contributed by atoms with Crippen molar-refractivity contribution in [3.05, 3.63) is 123 Å². The fourth-order valence-corrected chi connectivity index (χ4v) is 6.36. The molecule has 0 spiro atoms. The summed E-state index contributed by atoms with van der Waals surface area (Å²) in [5.74, 6) is -0.264. The molecule has 0 aliphatic heterocycles. The molecular weight excluding hydrogens is 562 g/mol. The SMILES string of the molecule is CC(C)(C)C1=CC(=Nc2ccccc2N(Cc2ccc([N+](=O)[O-])cc2)S(=O)(=O)Cc2ccccc2)C=C(C(C)(C)C)C1=O. The molecule has 3 aromatic carbocycles. The number of ketones is 1. The molecule has 1 aliphatic carbocycles. The number of hydrogen-bond acceptors (Lipinski definition) is 6. The number of carbonyl (C=O) groups is 1. The van der Waals surface area contributed by atoms with Gasteiger partial charge in [-0.1, -0.05) is 96.1 Å². The van der Waals surface area contributed by atoms with Gasteiger partial charge in [0.05, 0.1) is 34.3 Å². The van der Waals surface area contributed by atoms with Crippen LogP contribution in [0.2, 0.25) is 0 Å². The lowest BCUT2D eigenvalue weighted by Crippen LogP contribution is -2.32. The Labute approximate surface area is 253 Å². The van der Waals surface area contributed by atoms with Crippen LogP contribution < -0.4 is 4.31 Å². The second kappa shape index (κ2) is 12.1. The van der Waals surface area contributed by atoms with Crippen LogP contribution in [0.3, 0.4) is 0 Å². The van der Waals surface area contributed by atoms with E-state index in [1.54, 1.807) is 72.8 Å². The van der Waals surface area contributed by atoms with Gasteiger partial charge in [-0.2, -0.15) is 0 Å². The monoisotopic (exact) mass is 599 g/mol. The van der Waals surface area contributed by atoms with Gasteiger partial charge in [-0.25, -0.2) is 13.4 Å². The van der Waals surface area contributed by atoms with Gasteiger partial charge in [0.1, 0.15) is 0 Å². The standard InChI is InChI=1S/C34H37N3O5S/c1-33(2,3)28-20-26(21-29(32(28)38)34(4,5)6)35-30-14-10-11-15-31(30)36(22-24-16-18-27(19-17-24)37(39)40)43(41,42)23-25-12-8-7-9-13-25/h7-21H,22-23H2,1-6H3. The third kappa shape index (κ3) is 7.53. The number of hydrogen-bond donors (Lipinski definition) is 0. The van der Waals surface area contributed by atoms with Gasteiger partial charge < -0.3 is 0 Å². The molecule has 0 aromatic heterocycles. The lowest BCUT2D eigenvalue weighted by molar-refractivity contribution is -0.384. The summed E-state index contributed by atoms with van der Waals surface area (Å²) >= 11 is 0. The van der Waals surface area contributed by atoms with Gasteiger partial charge in [0.25, 0.3) is 5.69 Å². The van der Waals surface area contributed by atoms with Crippen LogP contribution in [-0.4, -0.2) is 24.8 Å². The van der Waals surface area contributed by atoms with Gasteiger partial charge in [-0.05, 0) is 46.2 Å². The van der Waals surface area contributed by atoms with Crippen LogP contribution in [-0.2, 0) is 27.1 Å². The lowest BCUT2D eigenvalue weighted by atomic mass is 9.72. The molecule has 0 heterocycles. The minimum Gasteiger partial charge on any atom is -0.289 e. The normalized spacial score (nSPS) is 14.2. The highest BCUT2D eigenvalue weighted by molar-refractivity contribution is 7.92. The minimum atomic E-state index is -3.95. The number of benzene rings is 3. The van der Waals surface area contributed by atoms with E-state index in [1.807, 2.05) is 47.6 Å². The van der Waals surface area contributed by atoms with Crippen molar-refractivity contribution in [1.29, 1.82) is 0 Å². The van der Waals surface area contributed by atoms with Gasteiger partial charge >= 0.3 is 0 Å². The van der Waals surface area contributed by atoms with E-state index < -0.39 is 25.8 Å². The Hall–Kier alpha value is -4.37. The van der Waals surface area contributed by atoms with E-state index in [4.69, 9.17) is 4.99 Å². The Morgan fingerprint density at radius 3 is 1.84 bits per heavy atom. The van der Waals surface area contributed by atoms with Gasteiger partial charge in [0.15, 0.2) is 5.78 Å². The van der Waals surface area contributed by atoms with Crippen LogP contribution in [0.1, 0.15) is 52.7 Å². The minimum absolute atomic E-state index is 0.0162. The number of nitro groups is 1. The predicted molar refractivity (Wildman–Crippen MR) is 172 cm³/mol. The summed E-state index contributed by atoms with van der Waals surface area (Å²) in [5, 5.41) is 11.2. The molecule has 0 atom stereocenters. The summed E-state index contributed by atoms with van der Waals surface area (Å²) < 4.78 is 29.4. The zero-order valence-corrected chi connectivity index (χ0v) is 26.2. The maximum atomic E-state index is 14.0. The van der Waals surface area contributed by atoms with Crippen LogP contribution in [0.15, 0.2) is 107 Å². The molecular formula is C34H37N3O5S. The summed E-state index contributed by atoms with van der Waals surface area (Å²) in [6, 6.07) is 21.7. The number of aliphatic imine (C=N–C) groups is 1. The zero-order chi connectivity index (χ0) is 31.6. The molecule has 3 aromatic rings. The fourth-order valence-electron chi connectivity index (χ4n) is 4.79. The number of para-hydroxylation sites is 2. The van der Waals surface area contributed by atoms with Crippen molar-refractivity contribution in [1.82, 2.24) is 0 Å². The molecule has 0 saturated heterocycles. The molecule has 0 saturated carbocycles. The maximum absolute atomic E-state index is 14.0. The van der Waals surface area contributed by atoms with Crippen molar-refractivity contribution in [2.45, 2.75) is 53.8 Å². The average molecular weight is 600 g/mol. The third-order valence-electron chi connectivity index (χ3n) is 7.09. The van der Waals surface area contributed by atoms with E-state index in [-0.39, 0.29) is 23.8 Å². The first-order valence-corrected chi connectivity index (χ1v) is 15.6. The van der Waals surface area contributed by atoms with E-state index in [0.29, 0.717) is 39.4 Å². The number of allylic oxidation sites excluding steroid dienone is 4. The van der Waals surface area contributed by atoms with E-state index in [1.165, 1.54) is 16.4 Å². The molecule has 0 N–H and O–H groups in total. The molecule has 224 valence electrons. The fraction of sp³-hybridized carbons (Fsp3) is 0.294. The molecule has 0 radical (unpaired) electrons. The van der Waals surface area contributed by atoms with Gasteiger partial charge in [0.2, 0.25) is 10.0 Å². The highest BCUT2D eigenvalue weighted by Gasteiger charge is 2.34. The molecule has 0 unspecified atom stereocenters. The third-order valence-corrected chi connectivity index (χ3v) is 8.79. The summed E-state index contributed by atoms with van der Waals surface area (Å²) in [5.41, 5.74) is 2.87. The Morgan fingerprint density at radius 2 is 1.30 bits per heavy atom. The quantitative estimate of drug-likeness (QED) is 0.149. The highest BCUT2D eigenvalue weighted by Crippen LogP contribution is 2.39. The smallest absolute Gasteiger partial charge is 0.269 e. The maximum Gasteiger partial charge on any atom is 0.269 e. The zero-order valence-electron chi connectivity index (χ0n) is 25.4. The van der Waals surface area contributed by atoms with Crippen LogP contribution in [0, 0.1) is 20.9 Å². The molecule has 4 rings (SSSR count). The first-order chi connectivity index (χ1) is 20.1. The van der Waals surface area contributed by atoms with E-state index >= 15 is 0 Å². The van der Waals surface area contributed by atoms with Crippen LogP contribution >= 0.6 is 0 Å². The van der Waals surface area contributed by atoms with Crippen molar-refractivity contribution in [3.8, 4) is 0 Å². The van der Waals surface area contributed by atoms with E-state index in [0.717, 1.165) is 0 Å². The van der Waals surface area contributed by atoms with Crippen molar-refractivity contribution in [3.63, 3.8) is 0 Å². The molecule has 1 aliphatic rings. The molecule has 0 fully saturated rings. The number of rotatable bonds is 8. The van der Waals surface area contributed by atoms with Crippen LogP contribution in [0.5, 0.6) is 0 Å². The van der Waals surface area contributed by atoms with Crippen molar-refractivity contribution >= 4 is 38.6 Å². The molecule has 0 amide bonds. The van der Waals surface area contributed by atoms with Crippen molar-refractivity contribution < 1.29 is 18.1 Å². The second-order valence-corrected chi connectivity index (χ2v) is 14.5. The Balaban J connectivity index is 1.87. The summed E-state index contributed by atoms with van der Waals surface area (Å²) in [6.45, 7) is 11.8. The summed E-state index contributed by atoms with van der Waals surface area (Å²) in [7, 11) is -3.95. The summed E-state index contributed by atoms with van der Waals surface area (Å²) in [4.78, 5) is 29.1. The van der Waals surface area contributed by atoms with Crippen molar-refractivity contribution in [2.24, 2.45) is 15.8 Å². The largest absolute Gasteiger partial charge is 0.289 e. The first-order valence-electron chi connectivity index (χ1n) is 14.0. The van der Waals surface area contributed by atoms with Crippen LogP contribution in [0.25, 0.3) is 0 Å². The van der Waals surface area contributed by atoms with Crippen molar-refractivity contribution in [2.75, 3.05) is 4.31 Å². The van der Waals surface area contributed by atoms with Gasteiger partial charge in [-0.3, -0.25) is 19.2 Å². The highest BCUT2D eigenvalue weighted by atomic mass is 32.2. The number of nitro benzene ring substituents is 1. The van der Waals surface area contributed by atoms with Gasteiger partial charge in [0, 0.05) is 23.3 Å². The lowest BCUT2D eigenvalue weighted by Gasteiger charge is -2.31. The summed E-state index contributed by atoms with van der Waals surface area (Å²) in [6.07, 6.45) is 3.57.